The SMILES string of the molecule is CCNC(=O)C(Cl)c1ccc(OC)c(Cl)c1. The lowest BCUT2D eigenvalue weighted by Crippen LogP contribution is -2.26. The lowest BCUT2D eigenvalue weighted by atomic mass is 10.1. The number of carbonyl (C=O) groups is 1. The van der Waals surface area contributed by atoms with Crippen molar-refractivity contribution in [2.24, 2.45) is 0 Å². The Balaban J connectivity index is 2.88. The van der Waals surface area contributed by atoms with Crippen molar-refractivity contribution in [2.75, 3.05) is 13.7 Å². The highest BCUT2D eigenvalue weighted by Gasteiger charge is 2.17. The first-order valence-corrected chi connectivity index (χ1v) is 5.66. The molecule has 1 atom stereocenters. The second-order valence-electron chi connectivity index (χ2n) is 3.15. The third-order valence-electron chi connectivity index (χ3n) is 2.05. The van der Waals surface area contributed by atoms with Gasteiger partial charge < -0.3 is 10.1 Å². The zero-order valence-corrected chi connectivity index (χ0v) is 10.6. The van der Waals surface area contributed by atoms with Crippen molar-refractivity contribution in [2.45, 2.75) is 12.3 Å². The zero-order valence-electron chi connectivity index (χ0n) is 9.09. The van der Waals surface area contributed by atoms with Crippen LogP contribution in [0.1, 0.15) is 17.9 Å². The average molecular weight is 262 g/mol. The van der Waals surface area contributed by atoms with E-state index >= 15 is 0 Å². The molecule has 0 spiro atoms. The number of methoxy groups -OCH3 is 1. The van der Waals surface area contributed by atoms with Gasteiger partial charge in [-0.3, -0.25) is 4.79 Å². The van der Waals surface area contributed by atoms with E-state index < -0.39 is 5.38 Å². The lowest BCUT2D eigenvalue weighted by molar-refractivity contribution is -0.120. The minimum atomic E-state index is -0.733. The topological polar surface area (TPSA) is 38.3 Å². The quantitative estimate of drug-likeness (QED) is 0.847. The van der Waals surface area contributed by atoms with Crippen LogP contribution < -0.4 is 10.1 Å². The molecule has 0 radical (unpaired) electrons. The summed E-state index contributed by atoms with van der Waals surface area (Å²) in [5.74, 6) is 0.329. The molecule has 0 fully saturated rings. The first-order chi connectivity index (χ1) is 7.60. The second-order valence-corrected chi connectivity index (χ2v) is 3.99. The van der Waals surface area contributed by atoms with Crippen molar-refractivity contribution >= 4 is 29.1 Å². The fraction of sp³-hybridized carbons (Fsp3) is 0.364. The summed E-state index contributed by atoms with van der Waals surface area (Å²) in [6.07, 6.45) is 0. The number of benzene rings is 1. The number of nitrogens with one attached hydrogen (secondary N) is 1. The molecule has 1 aromatic rings. The van der Waals surface area contributed by atoms with E-state index in [-0.39, 0.29) is 5.91 Å². The average Bonchev–Trinajstić information content (AvgIpc) is 2.28. The van der Waals surface area contributed by atoms with E-state index in [2.05, 4.69) is 5.32 Å². The minimum Gasteiger partial charge on any atom is -0.495 e. The molecule has 0 bridgehead atoms. The van der Waals surface area contributed by atoms with E-state index in [1.807, 2.05) is 6.92 Å². The summed E-state index contributed by atoms with van der Waals surface area (Å²) in [5.41, 5.74) is 0.651. The highest BCUT2D eigenvalue weighted by atomic mass is 35.5. The molecule has 0 saturated heterocycles. The normalized spacial score (nSPS) is 12.0. The number of alkyl halides is 1. The van der Waals surface area contributed by atoms with Crippen LogP contribution in [0.2, 0.25) is 5.02 Å². The summed E-state index contributed by atoms with van der Waals surface area (Å²) < 4.78 is 5.01. The smallest absolute Gasteiger partial charge is 0.242 e. The van der Waals surface area contributed by atoms with E-state index in [9.17, 15) is 4.79 Å². The lowest BCUT2D eigenvalue weighted by Gasteiger charge is -2.11. The van der Waals surface area contributed by atoms with Gasteiger partial charge in [0.2, 0.25) is 5.91 Å². The predicted octanol–water partition coefficient (Wildman–Crippen LogP) is 2.76. The van der Waals surface area contributed by atoms with E-state index in [1.165, 1.54) is 7.11 Å². The fourth-order valence-electron chi connectivity index (χ4n) is 1.26. The molecule has 0 aliphatic carbocycles. The second kappa shape index (κ2) is 5.97. The number of hydrogen-bond donors (Lipinski definition) is 1. The largest absolute Gasteiger partial charge is 0.495 e. The molecule has 88 valence electrons. The molecule has 1 rings (SSSR count). The van der Waals surface area contributed by atoms with E-state index in [4.69, 9.17) is 27.9 Å². The first kappa shape index (κ1) is 13.1. The number of amides is 1. The van der Waals surface area contributed by atoms with Gasteiger partial charge in [-0.2, -0.15) is 0 Å². The van der Waals surface area contributed by atoms with Gasteiger partial charge in [-0.05, 0) is 24.6 Å². The Bertz CT molecular complexity index is 382. The molecule has 1 unspecified atom stereocenters. The van der Waals surface area contributed by atoms with Crippen LogP contribution in [0.3, 0.4) is 0 Å². The van der Waals surface area contributed by atoms with Crippen molar-refractivity contribution in [1.29, 1.82) is 0 Å². The first-order valence-electron chi connectivity index (χ1n) is 4.85. The summed E-state index contributed by atoms with van der Waals surface area (Å²) >= 11 is 11.9. The van der Waals surface area contributed by atoms with Crippen LogP contribution in [0.15, 0.2) is 18.2 Å². The summed E-state index contributed by atoms with van der Waals surface area (Å²) in [6.45, 7) is 2.38. The van der Waals surface area contributed by atoms with Gasteiger partial charge in [0.1, 0.15) is 11.1 Å². The van der Waals surface area contributed by atoms with Gasteiger partial charge in [-0.25, -0.2) is 0 Å². The summed E-state index contributed by atoms with van der Waals surface area (Å²) in [4.78, 5) is 11.5. The Labute approximate surface area is 105 Å². The van der Waals surface area contributed by atoms with Crippen LogP contribution in [0.5, 0.6) is 5.75 Å². The third-order valence-corrected chi connectivity index (χ3v) is 2.80. The molecule has 1 amide bonds. The molecule has 0 aliphatic heterocycles. The minimum absolute atomic E-state index is 0.231. The number of hydrogen-bond acceptors (Lipinski definition) is 2. The molecule has 5 heteroatoms. The number of rotatable bonds is 4. The van der Waals surface area contributed by atoms with E-state index in [0.29, 0.717) is 22.9 Å². The van der Waals surface area contributed by atoms with E-state index in [1.54, 1.807) is 18.2 Å². The van der Waals surface area contributed by atoms with Crippen LogP contribution in [0.4, 0.5) is 0 Å². The molecule has 1 N–H and O–H groups in total. The van der Waals surface area contributed by atoms with Crippen molar-refractivity contribution in [3.05, 3.63) is 28.8 Å². The van der Waals surface area contributed by atoms with Crippen LogP contribution >= 0.6 is 23.2 Å². The highest BCUT2D eigenvalue weighted by Crippen LogP contribution is 2.30. The number of halogens is 2. The molecule has 3 nitrogen and oxygen atoms in total. The molecule has 0 saturated carbocycles. The van der Waals surface area contributed by atoms with E-state index in [0.717, 1.165) is 0 Å². The predicted molar refractivity (Wildman–Crippen MR) is 65.3 cm³/mol. The maximum absolute atomic E-state index is 11.5. The fourth-order valence-corrected chi connectivity index (χ4v) is 1.73. The standard InChI is InChI=1S/C11H13Cl2NO2/c1-3-14-11(15)10(13)7-4-5-9(16-2)8(12)6-7/h4-6,10H,3H2,1-2H3,(H,14,15). The van der Waals surface area contributed by atoms with Crippen LogP contribution in [0.25, 0.3) is 0 Å². The Kier molecular flexibility index (Phi) is 4.90. The number of likely N-dealkylation sites (N-methyl/N-ethyl adjacent to an activating group) is 1. The van der Waals surface area contributed by atoms with Gasteiger partial charge in [-0.15, -0.1) is 11.6 Å². The van der Waals surface area contributed by atoms with Gasteiger partial charge in [0.05, 0.1) is 12.1 Å². The molecule has 0 aromatic heterocycles. The Morgan fingerprint density at radius 1 is 1.56 bits per heavy atom. The molecule has 0 heterocycles. The Hall–Kier alpha value is -0.930. The van der Waals surface area contributed by atoms with Crippen molar-refractivity contribution in [3.8, 4) is 5.75 Å². The third kappa shape index (κ3) is 3.03. The van der Waals surface area contributed by atoms with Crippen molar-refractivity contribution in [1.82, 2.24) is 5.32 Å². The van der Waals surface area contributed by atoms with Crippen LogP contribution in [-0.2, 0) is 4.79 Å². The molecular formula is C11H13Cl2NO2. The molecule has 1 aromatic carbocycles. The number of carbonyl (C=O) groups excluding carboxylic acids is 1. The molecular weight excluding hydrogens is 249 g/mol. The van der Waals surface area contributed by atoms with Crippen molar-refractivity contribution in [3.63, 3.8) is 0 Å². The Morgan fingerprint density at radius 2 is 2.25 bits per heavy atom. The highest BCUT2D eigenvalue weighted by molar-refractivity contribution is 6.33. The van der Waals surface area contributed by atoms with Gasteiger partial charge in [0.25, 0.3) is 0 Å². The summed E-state index contributed by atoms with van der Waals surface area (Å²) in [6, 6.07) is 5.04. The number of ether oxygens (including phenoxy) is 1. The maximum Gasteiger partial charge on any atom is 0.242 e. The summed E-state index contributed by atoms with van der Waals surface area (Å²) in [5, 5.41) is 2.35. The van der Waals surface area contributed by atoms with Gasteiger partial charge in [-0.1, -0.05) is 17.7 Å². The molecule has 16 heavy (non-hydrogen) atoms. The maximum atomic E-state index is 11.5. The van der Waals surface area contributed by atoms with Gasteiger partial charge in [0.15, 0.2) is 0 Å². The van der Waals surface area contributed by atoms with Gasteiger partial charge >= 0.3 is 0 Å². The molecule has 0 aliphatic rings. The zero-order chi connectivity index (χ0) is 12.1. The van der Waals surface area contributed by atoms with Crippen molar-refractivity contribution < 1.29 is 9.53 Å². The summed E-state index contributed by atoms with van der Waals surface area (Å²) in [7, 11) is 1.53. The Morgan fingerprint density at radius 3 is 2.75 bits per heavy atom. The van der Waals surface area contributed by atoms with Gasteiger partial charge in [0, 0.05) is 6.54 Å². The monoisotopic (exact) mass is 261 g/mol. The van der Waals surface area contributed by atoms with Crippen LogP contribution in [-0.4, -0.2) is 19.6 Å². The van der Waals surface area contributed by atoms with Crippen LogP contribution in [0, 0.1) is 0 Å².